The van der Waals surface area contributed by atoms with Gasteiger partial charge in [-0.1, -0.05) is 13.8 Å². The van der Waals surface area contributed by atoms with Crippen LogP contribution in [0.25, 0.3) is 22.4 Å². The van der Waals surface area contributed by atoms with E-state index in [0.717, 1.165) is 11.8 Å². The molecule has 0 unspecified atom stereocenters. The average molecular weight is 437 g/mol. The van der Waals surface area contributed by atoms with Gasteiger partial charge in [0.05, 0.1) is 25.0 Å². The summed E-state index contributed by atoms with van der Waals surface area (Å²) in [6.45, 7) is 2.06. The molecular weight excluding hydrogens is 415 g/mol. The van der Waals surface area contributed by atoms with Crippen molar-refractivity contribution >= 4 is 16.9 Å². The van der Waals surface area contributed by atoms with E-state index in [2.05, 4.69) is 30.5 Å². The van der Waals surface area contributed by atoms with E-state index < -0.39 is 30.1 Å². The predicted molar refractivity (Wildman–Crippen MR) is 105 cm³/mol. The number of nitrogens with one attached hydrogen (secondary N) is 2. The zero-order valence-corrected chi connectivity index (χ0v) is 17.1. The van der Waals surface area contributed by atoms with Gasteiger partial charge in [0.15, 0.2) is 5.82 Å². The van der Waals surface area contributed by atoms with Gasteiger partial charge < -0.3 is 15.5 Å². The van der Waals surface area contributed by atoms with Crippen molar-refractivity contribution in [1.29, 1.82) is 0 Å². The first-order valence-electron chi connectivity index (χ1n) is 9.35. The number of nitrogens with zero attached hydrogens (tertiary/aromatic N) is 4. The fourth-order valence-electron chi connectivity index (χ4n) is 3.41. The van der Waals surface area contributed by atoms with E-state index in [4.69, 9.17) is 10.5 Å². The zero-order chi connectivity index (χ0) is 22.8. The number of ether oxygens (including phenoxy) is 1. The third kappa shape index (κ3) is 4.49. The minimum absolute atomic E-state index is 0.0559. The molecule has 0 aliphatic carbocycles. The van der Waals surface area contributed by atoms with E-state index in [9.17, 15) is 18.0 Å². The molecule has 0 saturated heterocycles. The second kappa shape index (κ2) is 8.55. The molecule has 166 valence electrons. The second-order valence-electron chi connectivity index (χ2n) is 7.34. The Labute approximate surface area is 175 Å². The van der Waals surface area contributed by atoms with Crippen molar-refractivity contribution in [2.24, 2.45) is 11.7 Å². The van der Waals surface area contributed by atoms with Gasteiger partial charge in [0.1, 0.15) is 11.2 Å². The molecule has 31 heavy (non-hydrogen) atoms. The average Bonchev–Trinajstić information content (AvgIpc) is 3.11. The monoisotopic (exact) mass is 437 g/mol. The van der Waals surface area contributed by atoms with Crippen LogP contribution in [-0.4, -0.2) is 50.9 Å². The predicted octanol–water partition coefficient (Wildman–Crippen LogP) is 2.05. The van der Waals surface area contributed by atoms with Gasteiger partial charge in [-0.05, 0) is 17.5 Å². The molecule has 0 spiro atoms. The second-order valence-corrected chi connectivity index (χ2v) is 7.34. The van der Waals surface area contributed by atoms with Gasteiger partial charge in [-0.2, -0.15) is 18.3 Å². The third-order valence-corrected chi connectivity index (χ3v) is 4.92. The Morgan fingerprint density at radius 2 is 2.06 bits per heavy atom. The third-order valence-electron chi connectivity index (χ3n) is 4.92. The van der Waals surface area contributed by atoms with E-state index >= 15 is 0 Å². The fraction of sp³-hybridized carbons (Fsp3) is 0.421. The molecule has 0 saturated carbocycles. The molecule has 0 aliphatic heterocycles. The Morgan fingerprint density at radius 3 is 2.68 bits per heavy atom. The Balaban J connectivity index is 2.11. The summed E-state index contributed by atoms with van der Waals surface area (Å²) in [4.78, 5) is 24.1. The lowest BCUT2D eigenvalue weighted by molar-refractivity contribution is -0.139. The Hall–Kier alpha value is -3.12. The van der Waals surface area contributed by atoms with E-state index in [1.807, 2.05) is 6.07 Å². The largest absolute Gasteiger partial charge is 0.401 e. The SMILES string of the molecule is COCc1cnc2[nH]cc(-c3nncc([C@](NCC(F)(F)F)(C(N)=O)C(C)C)n3)c2c1. The van der Waals surface area contributed by atoms with Crippen molar-refractivity contribution in [3.05, 3.63) is 35.9 Å². The summed E-state index contributed by atoms with van der Waals surface area (Å²) in [5.41, 5.74) is 5.49. The number of halogens is 3. The number of carbonyl (C=O) groups excluding carboxylic acids is 1. The summed E-state index contributed by atoms with van der Waals surface area (Å²) in [5, 5.41) is 10.8. The summed E-state index contributed by atoms with van der Waals surface area (Å²) >= 11 is 0. The quantitative estimate of drug-likeness (QED) is 0.491. The van der Waals surface area contributed by atoms with E-state index in [-0.39, 0.29) is 11.5 Å². The molecule has 3 aromatic heterocycles. The van der Waals surface area contributed by atoms with Gasteiger partial charge >= 0.3 is 6.18 Å². The number of pyridine rings is 1. The normalized spacial score (nSPS) is 14.2. The number of alkyl halides is 3. The highest BCUT2D eigenvalue weighted by atomic mass is 19.4. The molecular formula is C19H22F3N7O2. The molecule has 0 aromatic carbocycles. The minimum Gasteiger partial charge on any atom is -0.380 e. The number of primary amides is 1. The first kappa shape index (κ1) is 22.6. The van der Waals surface area contributed by atoms with Crippen LogP contribution in [0.3, 0.4) is 0 Å². The van der Waals surface area contributed by atoms with Gasteiger partial charge in [-0.3, -0.25) is 10.1 Å². The number of nitrogens with two attached hydrogens (primary N) is 1. The number of rotatable bonds is 8. The molecule has 0 radical (unpaired) electrons. The number of H-pyrrole nitrogens is 1. The maximum atomic E-state index is 12.9. The van der Waals surface area contributed by atoms with Crippen LogP contribution in [0, 0.1) is 5.92 Å². The molecule has 9 nitrogen and oxygen atoms in total. The molecule has 0 fully saturated rings. The topological polar surface area (TPSA) is 132 Å². The lowest BCUT2D eigenvalue weighted by Crippen LogP contribution is -2.58. The molecule has 3 rings (SSSR count). The van der Waals surface area contributed by atoms with Gasteiger partial charge in [-0.15, -0.1) is 5.10 Å². The number of fused-ring (bicyclic) bond motifs is 1. The molecule has 0 bridgehead atoms. The van der Waals surface area contributed by atoms with Gasteiger partial charge in [0.25, 0.3) is 0 Å². The van der Waals surface area contributed by atoms with Crippen molar-refractivity contribution in [3.63, 3.8) is 0 Å². The first-order chi connectivity index (χ1) is 14.6. The van der Waals surface area contributed by atoms with Crippen LogP contribution in [-0.2, 0) is 21.7 Å². The van der Waals surface area contributed by atoms with Crippen molar-refractivity contribution in [2.75, 3.05) is 13.7 Å². The standard InChI is InChI=1S/C19H22F3N7O2/c1-10(2)19(17(23)30,26-9-18(20,21)22)14-7-27-29-16(28-14)13-6-25-15-12(13)4-11(5-24-15)8-31-3/h4-7,10,26H,8-9H2,1-3H3,(H2,23,30)(H,24,25)/t19-/m0/s1. The highest BCUT2D eigenvalue weighted by molar-refractivity contribution is 5.92. The number of aromatic amines is 1. The summed E-state index contributed by atoms with van der Waals surface area (Å²) in [6, 6.07) is 1.83. The van der Waals surface area contributed by atoms with Crippen LogP contribution < -0.4 is 11.1 Å². The summed E-state index contributed by atoms with van der Waals surface area (Å²) in [7, 11) is 1.56. The summed E-state index contributed by atoms with van der Waals surface area (Å²) in [6.07, 6.45) is -0.153. The fourth-order valence-corrected chi connectivity index (χ4v) is 3.41. The lowest BCUT2D eigenvalue weighted by Gasteiger charge is -2.35. The maximum absolute atomic E-state index is 12.9. The van der Waals surface area contributed by atoms with E-state index in [1.54, 1.807) is 33.4 Å². The van der Waals surface area contributed by atoms with Gasteiger partial charge in [0, 0.05) is 30.5 Å². The van der Waals surface area contributed by atoms with Crippen molar-refractivity contribution in [3.8, 4) is 11.4 Å². The van der Waals surface area contributed by atoms with Crippen LogP contribution in [0.5, 0.6) is 0 Å². The van der Waals surface area contributed by atoms with Crippen LogP contribution in [0.4, 0.5) is 13.2 Å². The Kier molecular flexibility index (Phi) is 6.23. The number of amides is 1. The molecule has 0 aliphatic rings. The minimum atomic E-state index is -4.56. The Morgan fingerprint density at radius 1 is 1.32 bits per heavy atom. The molecule has 3 heterocycles. The van der Waals surface area contributed by atoms with Crippen LogP contribution >= 0.6 is 0 Å². The molecule has 12 heteroatoms. The lowest BCUT2D eigenvalue weighted by atomic mass is 9.82. The number of hydrogen-bond acceptors (Lipinski definition) is 7. The number of carbonyl (C=O) groups is 1. The number of hydrogen-bond donors (Lipinski definition) is 3. The van der Waals surface area contributed by atoms with Gasteiger partial charge in [-0.25, -0.2) is 9.97 Å². The molecule has 1 amide bonds. The zero-order valence-electron chi connectivity index (χ0n) is 17.1. The summed E-state index contributed by atoms with van der Waals surface area (Å²) in [5.74, 6) is -1.55. The highest BCUT2D eigenvalue weighted by Crippen LogP contribution is 2.32. The first-order valence-corrected chi connectivity index (χ1v) is 9.35. The smallest absolute Gasteiger partial charge is 0.380 e. The van der Waals surface area contributed by atoms with Crippen molar-refractivity contribution in [2.45, 2.75) is 32.2 Å². The van der Waals surface area contributed by atoms with Crippen LogP contribution in [0.1, 0.15) is 25.1 Å². The summed E-state index contributed by atoms with van der Waals surface area (Å²) < 4.78 is 43.9. The molecule has 3 aromatic rings. The molecule has 1 atom stereocenters. The highest BCUT2D eigenvalue weighted by Gasteiger charge is 2.46. The number of methoxy groups -OCH3 is 1. The maximum Gasteiger partial charge on any atom is 0.401 e. The van der Waals surface area contributed by atoms with Crippen LogP contribution in [0.15, 0.2) is 24.7 Å². The van der Waals surface area contributed by atoms with E-state index in [1.165, 1.54) is 0 Å². The van der Waals surface area contributed by atoms with Crippen molar-refractivity contribution < 1.29 is 22.7 Å². The molecule has 4 N–H and O–H groups in total. The Bertz CT molecular complexity index is 1080. The van der Waals surface area contributed by atoms with Crippen LogP contribution in [0.2, 0.25) is 0 Å². The van der Waals surface area contributed by atoms with Gasteiger partial charge in [0.2, 0.25) is 5.91 Å². The van der Waals surface area contributed by atoms with Crippen molar-refractivity contribution in [1.82, 2.24) is 30.5 Å². The van der Waals surface area contributed by atoms with E-state index in [0.29, 0.717) is 23.2 Å². The number of aromatic nitrogens is 5.